The lowest BCUT2D eigenvalue weighted by atomic mass is 10.4. The normalized spacial score (nSPS) is 13.4. The summed E-state index contributed by atoms with van der Waals surface area (Å²) < 4.78 is 26.5. The van der Waals surface area contributed by atoms with Crippen LogP contribution in [0.3, 0.4) is 0 Å². The van der Waals surface area contributed by atoms with Crippen LogP contribution in [0.5, 0.6) is 0 Å². The van der Waals surface area contributed by atoms with Crippen molar-refractivity contribution in [3.05, 3.63) is 27.7 Å². The monoisotopic (exact) mass is 340 g/mol. The third-order valence-corrected chi connectivity index (χ3v) is 4.46. The number of nitrogens with two attached hydrogens (primary N) is 1. The number of rotatable bonds is 4. The van der Waals surface area contributed by atoms with Gasteiger partial charge in [0.15, 0.2) is 0 Å². The van der Waals surface area contributed by atoms with Gasteiger partial charge in [0.25, 0.3) is 0 Å². The van der Waals surface area contributed by atoms with Gasteiger partial charge in [0.1, 0.15) is 4.90 Å². The Morgan fingerprint density at radius 3 is 2.59 bits per heavy atom. The summed E-state index contributed by atoms with van der Waals surface area (Å²) in [6, 6.07) is 3.32. The summed E-state index contributed by atoms with van der Waals surface area (Å²) in [4.78, 5) is 10.7. The van der Waals surface area contributed by atoms with E-state index >= 15 is 0 Å². The van der Waals surface area contributed by atoms with Gasteiger partial charge in [-0.15, -0.1) is 0 Å². The highest BCUT2D eigenvalue weighted by atomic mass is 79.9. The van der Waals surface area contributed by atoms with E-state index in [-0.39, 0.29) is 9.92 Å². The van der Waals surface area contributed by atoms with E-state index in [4.69, 9.17) is 17.3 Å². The van der Waals surface area contributed by atoms with Crippen molar-refractivity contribution >= 4 is 43.5 Å². The van der Waals surface area contributed by atoms with Gasteiger partial charge in [-0.2, -0.15) is 4.72 Å². The number of primary amides is 1. The van der Waals surface area contributed by atoms with Crippen LogP contribution in [0.15, 0.2) is 27.6 Å². The maximum atomic E-state index is 11.9. The molecule has 1 unspecified atom stereocenters. The molecule has 0 aliphatic rings. The molecule has 1 aromatic rings. The molecule has 0 aliphatic carbocycles. The van der Waals surface area contributed by atoms with Crippen LogP contribution in [0, 0.1) is 0 Å². The molecule has 1 atom stereocenters. The van der Waals surface area contributed by atoms with E-state index in [9.17, 15) is 13.2 Å². The van der Waals surface area contributed by atoms with Crippen LogP contribution < -0.4 is 10.5 Å². The van der Waals surface area contributed by atoms with Crippen molar-refractivity contribution in [2.24, 2.45) is 5.73 Å². The van der Waals surface area contributed by atoms with E-state index in [0.717, 1.165) is 0 Å². The van der Waals surface area contributed by atoms with Crippen LogP contribution in [-0.2, 0) is 14.8 Å². The lowest BCUT2D eigenvalue weighted by molar-refractivity contribution is -0.119. The molecule has 1 aromatic carbocycles. The van der Waals surface area contributed by atoms with Crippen LogP contribution in [0.25, 0.3) is 0 Å². The quantitative estimate of drug-likeness (QED) is 0.864. The summed E-state index contributed by atoms with van der Waals surface area (Å²) in [6.07, 6.45) is 0. The van der Waals surface area contributed by atoms with Gasteiger partial charge in [0.2, 0.25) is 15.9 Å². The molecule has 5 nitrogen and oxygen atoms in total. The van der Waals surface area contributed by atoms with Gasteiger partial charge in [-0.05, 0) is 25.1 Å². The Morgan fingerprint density at radius 1 is 1.53 bits per heavy atom. The third-order valence-electron chi connectivity index (χ3n) is 1.94. The Balaban J connectivity index is 3.10. The number of halogens is 2. The molecule has 0 aliphatic heterocycles. The number of benzene rings is 1. The minimum absolute atomic E-state index is 0.0588. The SMILES string of the molecule is CC(NS(=O)(=O)c1ccc(Br)cc1Cl)C(N)=O. The Hall–Kier alpha value is -0.630. The van der Waals surface area contributed by atoms with Crippen molar-refractivity contribution in [3.63, 3.8) is 0 Å². The maximum Gasteiger partial charge on any atom is 0.242 e. The molecule has 94 valence electrons. The number of carbonyl (C=O) groups is 1. The Kier molecular flexibility index (Phi) is 4.54. The van der Waals surface area contributed by atoms with Crippen molar-refractivity contribution in [2.75, 3.05) is 0 Å². The molecule has 3 N–H and O–H groups in total. The van der Waals surface area contributed by atoms with Gasteiger partial charge < -0.3 is 5.73 Å². The molecule has 1 amide bonds. The zero-order chi connectivity index (χ0) is 13.2. The summed E-state index contributed by atoms with van der Waals surface area (Å²) in [5.41, 5.74) is 4.98. The molecule has 0 bridgehead atoms. The lowest BCUT2D eigenvalue weighted by Crippen LogP contribution is -2.42. The Morgan fingerprint density at radius 2 is 2.12 bits per heavy atom. The first-order valence-electron chi connectivity index (χ1n) is 4.51. The number of amides is 1. The average molecular weight is 342 g/mol. The van der Waals surface area contributed by atoms with Crippen molar-refractivity contribution in [3.8, 4) is 0 Å². The van der Waals surface area contributed by atoms with Crippen molar-refractivity contribution in [1.82, 2.24) is 4.72 Å². The highest BCUT2D eigenvalue weighted by Crippen LogP contribution is 2.25. The van der Waals surface area contributed by atoms with E-state index in [1.807, 2.05) is 0 Å². The number of nitrogens with one attached hydrogen (secondary N) is 1. The second kappa shape index (κ2) is 5.34. The van der Waals surface area contributed by atoms with Crippen LogP contribution in [0.1, 0.15) is 6.92 Å². The minimum Gasteiger partial charge on any atom is -0.368 e. The highest BCUT2D eigenvalue weighted by Gasteiger charge is 2.22. The van der Waals surface area contributed by atoms with Gasteiger partial charge in [-0.3, -0.25) is 4.79 Å². The Labute approximate surface area is 113 Å². The first-order valence-corrected chi connectivity index (χ1v) is 7.16. The van der Waals surface area contributed by atoms with E-state index in [0.29, 0.717) is 4.47 Å². The van der Waals surface area contributed by atoms with E-state index in [1.165, 1.54) is 25.1 Å². The predicted molar refractivity (Wildman–Crippen MR) is 68.1 cm³/mol. The van der Waals surface area contributed by atoms with Crippen LogP contribution in [-0.4, -0.2) is 20.4 Å². The molecule has 1 rings (SSSR count). The average Bonchev–Trinajstić information content (AvgIpc) is 2.15. The maximum absolute atomic E-state index is 11.9. The van der Waals surface area contributed by atoms with E-state index in [1.54, 1.807) is 0 Å². The topological polar surface area (TPSA) is 89.3 Å². The third kappa shape index (κ3) is 3.67. The Bertz CT molecular complexity index is 547. The molecule has 17 heavy (non-hydrogen) atoms. The van der Waals surface area contributed by atoms with E-state index < -0.39 is 22.0 Å². The summed E-state index contributed by atoms with van der Waals surface area (Å²) in [5.74, 6) is -0.762. The second-order valence-corrected chi connectivity index (χ2v) is 6.33. The van der Waals surface area contributed by atoms with Gasteiger partial charge in [0, 0.05) is 4.47 Å². The first kappa shape index (κ1) is 14.4. The molecule has 0 radical (unpaired) electrons. The molecule has 0 fully saturated rings. The van der Waals surface area contributed by atoms with Gasteiger partial charge in [0.05, 0.1) is 11.1 Å². The molecule has 0 saturated carbocycles. The predicted octanol–water partition coefficient (Wildman–Crippen LogP) is 1.25. The van der Waals surface area contributed by atoms with Crippen molar-refractivity contribution in [1.29, 1.82) is 0 Å². The standard InChI is InChI=1S/C9H10BrClN2O3S/c1-5(9(12)14)13-17(15,16)8-3-2-6(10)4-7(8)11/h2-5,13H,1H3,(H2,12,14). The summed E-state index contributed by atoms with van der Waals surface area (Å²) >= 11 is 8.98. The largest absolute Gasteiger partial charge is 0.368 e. The lowest BCUT2D eigenvalue weighted by Gasteiger charge is -2.12. The van der Waals surface area contributed by atoms with Crippen LogP contribution in [0.2, 0.25) is 5.02 Å². The summed E-state index contributed by atoms with van der Waals surface area (Å²) in [7, 11) is -3.86. The fourth-order valence-corrected chi connectivity index (χ4v) is 3.30. The smallest absolute Gasteiger partial charge is 0.242 e. The molecule has 0 spiro atoms. The fraction of sp³-hybridized carbons (Fsp3) is 0.222. The van der Waals surface area contributed by atoms with E-state index in [2.05, 4.69) is 20.7 Å². The fourth-order valence-electron chi connectivity index (χ4n) is 1.05. The minimum atomic E-state index is -3.86. The molecular formula is C9H10BrClN2O3S. The van der Waals surface area contributed by atoms with Gasteiger partial charge in [-0.25, -0.2) is 8.42 Å². The van der Waals surface area contributed by atoms with Crippen LogP contribution in [0.4, 0.5) is 0 Å². The number of hydrogen-bond acceptors (Lipinski definition) is 3. The van der Waals surface area contributed by atoms with Gasteiger partial charge >= 0.3 is 0 Å². The molecular weight excluding hydrogens is 332 g/mol. The second-order valence-electron chi connectivity index (χ2n) is 3.32. The molecule has 8 heteroatoms. The van der Waals surface area contributed by atoms with Gasteiger partial charge in [-0.1, -0.05) is 27.5 Å². The number of carbonyl (C=O) groups excluding carboxylic acids is 1. The van der Waals surface area contributed by atoms with Crippen molar-refractivity contribution in [2.45, 2.75) is 17.9 Å². The zero-order valence-electron chi connectivity index (χ0n) is 8.78. The molecule has 0 aromatic heterocycles. The highest BCUT2D eigenvalue weighted by molar-refractivity contribution is 9.10. The number of sulfonamides is 1. The van der Waals surface area contributed by atoms with Crippen molar-refractivity contribution < 1.29 is 13.2 Å². The first-order chi connectivity index (χ1) is 7.74. The molecule has 0 saturated heterocycles. The molecule has 0 heterocycles. The number of hydrogen-bond donors (Lipinski definition) is 2. The zero-order valence-corrected chi connectivity index (χ0v) is 11.9. The summed E-state index contributed by atoms with van der Waals surface area (Å²) in [5, 5.41) is 0.0588. The summed E-state index contributed by atoms with van der Waals surface area (Å²) in [6.45, 7) is 1.35. The van der Waals surface area contributed by atoms with Crippen LogP contribution >= 0.6 is 27.5 Å².